The monoisotopic (exact) mass is 362 g/mol. The zero-order valence-electron chi connectivity index (χ0n) is 14.8. The molecule has 1 aliphatic heterocycles. The van der Waals surface area contributed by atoms with Crippen molar-refractivity contribution < 1.29 is 13.2 Å². The largest absolute Gasteiger partial charge is 0.324 e. The number of benzene rings is 1. The van der Waals surface area contributed by atoms with Crippen LogP contribution in [0.4, 0.5) is 0 Å². The Balaban J connectivity index is 1.61. The maximum absolute atomic E-state index is 12.9. The number of nitrogens with zero attached hydrogens (tertiary/aromatic N) is 1. The second kappa shape index (κ2) is 5.30. The quantitative estimate of drug-likeness (QED) is 0.895. The van der Waals surface area contributed by atoms with E-state index in [-0.39, 0.29) is 35.0 Å². The standard InChI is InChI=1S/C19H26N2O3S/c1-18(2)14-8-9-19(18)12-25(23,24)21(16(19)10-14)17(22)11-15(20)13-6-4-3-5-7-13/h3-7,14-16H,8-12,20H2,1-2H3/t14-,15+,16-,19-/m0/s1. The number of hydrogen-bond acceptors (Lipinski definition) is 4. The molecule has 2 saturated carbocycles. The number of amides is 1. The Hall–Kier alpha value is -1.40. The summed E-state index contributed by atoms with van der Waals surface area (Å²) in [7, 11) is -3.56. The second-order valence-electron chi connectivity index (χ2n) is 8.53. The molecule has 1 aromatic rings. The molecule has 1 saturated heterocycles. The summed E-state index contributed by atoms with van der Waals surface area (Å²) in [6.07, 6.45) is 2.81. The first-order chi connectivity index (χ1) is 11.7. The first-order valence-electron chi connectivity index (χ1n) is 9.04. The van der Waals surface area contributed by atoms with Gasteiger partial charge in [-0.2, -0.15) is 0 Å². The highest BCUT2D eigenvalue weighted by atomic mass is 32.2. The van der Waals surface area contributed by atoms with E-state index in [0.717, 1.165) is 24.8 Å². The van der Waals surface area contributed by atoms with E-state index in [9.17, 15) is 13.2 Å². The lowest BCUT2D eigenvalue weighted by Crippen LogP contribution is -2.44. The van der Waals surface area contributed by atoms with E-state index in [1.165, 1.54) is 4.31 Å². The second-order valence-corrected chi connectivity index (χ2v) is 10.4. The Bertz CT molecular complexity index is 805. The summed E-state index contributed by atoms with van der Waals surface area (Å²) in [6.45, 7) is 4.37. The molecule has 4 rings (SSSR count). The zero-order valence-corrected chi connectivity index (χ0v) is 15.6. The number of nitrogens with two attached hydrogens (primary N) is 1. The smallest absolute Gasteiger partial charge is 0.238 e. The van der Waals surface area contributed by atoms with Gasteiger partial charge in [0.05, 0.1) is 11.8 Å². The van der Waals surface area contributed by atoms with E-state index < -0.39 is 16.1 Å². The van der Waals surface area contributed by atoms with Crippen LogP contribution in [0, 0.1) is 16.7 Å². The minimum absolute atomic E-state index is 0.0265. The molecule has 1 heterocycles. The van der Waals surface area contributed by atoms with E-state index >= 15 is 0 Å². The molecule has 3 aliphatic rings. The van der Waals surface area contributed by atoms with Gasteiger partial charge < -0.3 is 5.73 Å². The molecule has 0 aromatic heterocycles. The van der Waals surface area contributed by atoms with Crippen molar-refractivity contribution >= 4 is 15.9 Å². The number of carbonyl (C=O) groups is 1. The third kappa shape index (κ3) is 2.23. The summed E-state index contributed by atoms with van der Waals surface area (Å²) in [5.41, 5.74) is 6.73. The molecular formula is C19H26N2O3S. The summed E-state index contributed by atoms with van der Waals surface area (Å²) >= 11 is 0. The van der Waals surface area contributed by atoms with Gasteiger partial charge in [0.15, 0.2) is 0 Å². The van der Waals surface area contributed by atoms with Gasteiger partial charge in [-0.05, 0) is 36.2 Å². The molecule has 136 valence electrons. The maximum Gasteiger partial charge on any atom is 0.238 e. The molecule has 0 radical (unpaired) electrons. The molecule has 1 aromatic carbocycles. The predicted octanol–water partition coefficient (Wildman–Crippen LogP) is 2.44. The van der Waals surface area contributed by atoms with E-state index in [1.54, 1.807) is 0 Å². The Labute approximate surface area is 149 Å². The Kier molecular flexibility index (Phi) is 3.61. The van der Waals surface area contributed by atoms with Gasteiger partial charge >= 0.3 is 0 Å². The topological polar surface area (TPSA) is 80.5 Å². The molecule has 6 heteroatoms. The van der Waals surface area contributed by atoms with Gasteiger partial charge in [-0.1, -0.05) is 44.2 Å². The molecule has 0 unspecified atom stereocenters. The van der Waals surface area contributed by atoms with Crippen LogP contribution in [0.1, 0.15) is 51.1 Å². The number of hydrogen-bond donors (Lipinski definition) is 1. The highest BCUT2D eigenvalue weighted by Crippen LogP contribution is 2.70. The van der Waals surface area contributed by atoms with Crippen molar-refractivity contribution in [1.82, 2.24) is 4.31 Å². The Morgan fingerprint density at radius 2 is 2.00 bits per heavy atom. The van der Waals surface area contributed by atoms with Crippen LogP contribution in [-0.2, 0) is 14.8 Å². The number of rotatable bonds is 3. The molecule has 4 atom stereocenters. The molecule has 3 fully saturated rings. The molecule has 2 N–H and O–H groups in total. The summed E-state index contributed by atoms with van der Waals surface area (Å²) in [4.78, 5) is 12.9. The fourth-order valence-corrected chi connectivity index (χ4v) is 8.27. The summed E-state index contributed by atoms with van der Waals surface area (Å²) < 4.78 is 27.0. The first kappa shape index (κ1) is 17.0. The molecule has 2 bridgehead atoms. The Morgan fingerprint density at radius 1 is 1.32 bits per heavy atom. The molecule has 1 spiro atoms. The van der Waals surface area contributed by atoms with Crippen molar-refractivity contribution in [1.29, 1.82) is 0 Å². The van der Waals surface area contributed by atoms with Crippen LogP contribution in [-0.4, -0.2) is 30.4 Å². The van der Waals surface area contributed by atoms with Crippen molar-refractivity contribution in [2.75, 3.05) is 5.75 Å². The van der Waals surface area contributed by atoms with Gasteiger partial charge in [0.25, 0.3) is 0 Å². The van der Waals surface area contributed by atoms with Gasteiger partial charge in [0.2, 0.25) is 15.9 Å². The van der Waals surface area contributed by atoms with Gasteiger partial charge in [0, 0.05) is 17.9 Å². The van der Waals surface area contributed by atoms with Crippen molar-refractivity contribution in [3.8, 4) is 0 Å². The van der Waals surface area contributed by atoms with Crippen LogP contribution in [0.15, 0.2) is 30.3 Å². The summed E-state index contributed by atoms with van der Waals surface area (Å²) in [5, 5.41) is 0. The summed E-state index contributed by atoms with van der Waals surface area (Å²) in [6, 6.07) is 8.73. The average Bonchev–Trinajstić information content (AvgIpc) is 3.02. The first-order valence-corrected chi connectivity index (χ1v) is 10.7. The molecule has 1 amide bonds. The minimum atomic E-state index is -3.56. The average molecular weight is 362 g/mol. The van der Waals surface area contributed by atoms with E-state index in [0.29, 0.717) is 5.92 Å². The molecule has 25 heavy (non-hydrogen) atoms. The predicted molar refractivity (Wildman–Crippen MR) is 96.0 cm³/mol. The van der Waals surface area contributed by atoms with Crippen molar-refractivity contribution in [3.05, 3.63) is 35.9 Å². The van der Waals surface area contributed by atoms with Gasteiger partial charge in [0.1, 0.15) is 0 Å². The number of carbonyl (C=O) groups excluding carboxylic acids is 1. The maximum atomic E-state index is 12.9. The van der Waals surface area contributed by atoms with Gasteiger partial charge in [-0.3, -0.25) is 4.79 Å². The highest BCUT2D eigenvalue weighted by Gasteiger charge is 2.72. The summed E-state index contributed by atoms with van der Waals surface area (Å²) in [5.74, 6) is 0.271. The zero-order chi connectivity index (χ0) is 18.0. The third-order valence-electron chi connectivity index (χ3n) is 7.28. The molecular weight excluding hydrogens is 336 g/mol. The lowest BCUT2D eigenvalue weighted by molar-refractivity contribution is -0.129. The fraction of sp³-hybridized carbons (Fsp3) is 0.632. The van der Waals surface area contributed by atoms with E-state index in [4.69, 9.17) is 5.73 Å². The molecule has 5 nitrogen and oxygen atoms in total. The van der Waals surface area contributed by atoms with Gasteiger partial charge in [-0.25, -0.2) is 12.7 Å². The normalized spacial score (nSPS) is 35.6. The van der Waals surface area contributed by atoms with Crippen LogP contribution in [0.25, 0.3) is 0 Å². The lowest BCUT2D eigenvalue weighted by atomic mass is 9.69. The number of sulfonamides is 1. The highest BCUT2D eigenvalue weighted by molar-refractivity contribution is 7.90. The minimum Gasteiger partial charge on any atom is -0.324 e. The SMILES string of the molecule is CC1(C)[C@H]2CC[C@@]13CS(=O)(=O)N(C(=O)C[C@@H](N)c1ccccc1)[C@H]3C2. The van der Waals surface area contributed by atoms with E-state index in [1.807, 2.05) is 30.3 Å². The van der Waals surface area contributed by atoms with Crippen LogP contribution in [0.5, 0.6) is 0 Å². The van der Waals surface area contributed by atoms with Gasteiger partial charge in [-0.15, -0.1) is 0 Å². The third-order valence-corrected chi connectivity index (χ3v) is 9.22. The van der Waals surface area contributed by atoms with Crippen LogP contribution >= 0.6 is 0 Å². The van der Waals surface area contributed by atoms with Crippen LogP contribution < -0.4 is 5.73 Å². The molecule has 2 aliphatic carbocycles. The van der Waals surface area contributed by atoms with Crippen LogP contribution in [0.3, 0.4) is 0 Å². The van der Waals surface area contributed by atoms with Crippen molar-refractivity contribution in [3.63, 3.8) is 0 Å². The number of fused-ring (bicyclic) bond motifs is 1. The van der Waals surface area contributed by atoms with E-state index in [2.05, 4.69) is 13.8 Å². The van der Waals surface area contributed by atoms with Crippen molar-refractivity contribution in [2.24, 2.45) is 22.5 Å². The van der Waals surface area contributed by atoms with Crippen LogP contribution in [0.2, 0.25) is 0 Å². The Morgan fingerprint density at radius 3 is 2.64 bits per heavy atom. The lowest BCUT2D eigenvalue weighted by Gasteiger charge is -2.37. The van der Waals surface area contributed by atoms with Crippen molar-refractivity contribution in [2.45, 2.75) is 51.6 Å². The fourth-order valence-electron chi connectivity index (χ4n) is 5.71.